The topological polar surface area (TPSA) is 75.1 Å². The smallest absolute Gasteiger partial charge is 0.191 e. The molecular formula is C19H41N3O3. The van der Waals surface area contributed by atoms with Gasteiger partial charge in [-0.05, 0) is 38.0 Å². The van der Waals surface area contributed by atoms with Gasteiger partial charge in [0, 0.05) is 32.8 Å². The van der Waals surface area contributed by atoms with Crippen LogP contribution in [-0.2, 0) is 9.47 Å². The SMILES string of the molecule is CCCCOCCOCCNC(=NCC(CCO)CC(C)C)NCC. The van der Waals surface area contributed by atoms with E-state index < -0.39 is 0 Å². The molecule has 0 aliphatic heterocycles. The number of aliphatic hydroxyl groups excluding tert-OH is 1. The molecule has 0 aromatic carbocycles. The van der Waals surface area contributed by atoms with Crippen molar-refractivity contribution in [3.8, 4) is 0 Å². The summed E-state index contributed by atoms with van der Waals surface area (Å²) < 4.78 is 11.0. The van der Waals surface area contributed by atoms with E-state index in [0.29, 0.717) is 31.7 Å². The van der Waals surface area contributed by atoms with Crippen LogP contribution < -0.4 is 10.6 Å². The number of nitrogens with one attached hydrogen (secondary N) is 2. The summed E-state index contributed by atoms with van der Waals surface area (Å²) in [6.45, 7) is 13.9. The lowest BCUT2D eigenvalue weighted by atomic mass is 9.94. The number of nitrogens with zero attached hydrogens (tertiary/aromatic N) is 1. The molecule has 0 saturated carbocycles. The van der Waals surface area contributed by atoms with Gasteiger partial charge in [0.05, 0.1) is 19.8 Å². The molecule has 25 heavy (non-hydrogen) atoms. The van der Waals surface area contributed by atoms with Crippen molar-refractivity contribution in [2.24, 2.45) is 16.8 Å². The van der Waals surface area contributed by atoms with Gasteiger partial charge < -0.3 is 25.2 Å². The Morgan fingerprint density at radius 3 is 2.36 bits per heavy atom. The van der Waals surface area contributed by atoms with Gasteiger partial charge in [0.2, 0.25) is 0 Å². The quantitative estimate of drug-likeness (QED) is 0.224. The highest BCUT2D eigenvalue weighted by atomic mass is 16.5. The van der Waals surface area contributed by atoms with E-state index in [1.165, 1.54) is 0 Å². The molecule has 0 fully saturated rings. The molecule has 0 radical (unpaired) electrons. The fraction of sp³-hybridized carbons (Fsp3) is 0.947. The summed E-state index contributed by atoms with van der Waals surface area (Å²) in [5, 5.41) is 15.8. The summed E-state index contributed by atoms with van der Waals surface area (Å²) in [4.78, 5) is 4.66. The van der Waals surface area contributed by atoms with Gasteiger partial charge >= 0.3 is 0 Å². The zero-order valence-electron chi connectivity index (χ0n) is 16.9. The molecule has 0 aromatic heterocycles. The second-order valence-corrected chi connectivity index (χ2v) is 6.73. The average Bonchev–Trinajstić information content (AvgIpc) is 2.57. The van der Waals surface area contributed by atoms with E-state index in [2.05, 4.69) is 43.3 Å². The minimum absolute atomic E-state index is 0.227. The van der Waals surface area contributed by atoms with Crippen LogP contribution in [0.4, 0.5) is 0 Å². The zero-order chi connectivity index (χ0) is 18.8. The molecule has 6 heteroatoms. The number of rotatable bonds is 16. The molecule has 1 unspecified atom stereocenters. The van der Waals surface area contributed by atoms with E-state index in [9.17, 15) is 5.11 Å². The van der Waals surface area contributed by atoms with Gasteiger partial charge in [-0.15, -0.1) is 0 Å². The lowest BCUT2D eigenvalue weighted by molar-refractivity contribution is 0.0487. The van der Waals surface area contributed by atoms with Gasteiger partial charge in [0.25, 0.3) is 0 Å². The highest BCUT2D eigenvalue weighted by molar-refractivity contribution is 5.79. The van der Waals surface area contributed by atoms with Crippen molar-refractivity contribution in [2.45, 2.75) is 53.4 Å². The molecular weight excluding hydrogens is 318 g/mol. The van der Waals surface area contributed by atoms with Crippen LogP contribution in [0.15, 0.2) is 4.99 Å². The standard InChI is InChI=1S/C19H41N3O3/c1-5-7-11-24-13-14-25-12-9-21-19(20-6-2)22-16-18(8-10-23)15-17(3)4/h17-18,23H,5-16H2,1-4H3,(H2,20,21,22). The first-order valence-corrected chi connectivity index (χ1v) is 9.92. The van der Waals surface area contributed by atoms with E-state index >= 15 is 0 Å². The van der Waals surface area contributed by atoms with Crippen molar-refractivity contribution < 1.29 is 14.6 Å². The fourth-order valence-electron chi connectivity index (χ4n) is 2.51. The fourth-order valence-corrected chi connectivity index (χ4v) is 2.51. The Morgan fingerprint density at radius 2 is 1.76 bits per heavy atom. The molecule has 150 valence electrons. The predicted octanol–water partition coefficient (Wildman–Crippen LogP) is 2.42. The molecule has 0 amide bonds. The van der Waals surface area contributed by atoms with Gasteiger partial charge in [-0.25, -0.2) is 0 Å². The normalized spacial score (nSPS) is 13.3. The molecule has 0 heterocycles. The molecule has 0 bridgehead atoms. The van der Waals surface area contributed by atoms with Gasteiger partial charge in [0.1, 0.15) is 0 Å². The second kappa shape index (κ2) is 18.0. The molecule has 6 nitrogen and oxygen atoms in total. The predicted molar refractivity (Wildman–Crippen MR) is 105 cm³/mol. The van der Waals surface area contributed by atoms with E-state index in [0.717, 1.165) is 57.9 Å². The number of aliphatic hydroxyl groups is 1. The Hall–Kier alpha value is -0.850. The van der Waals surface area contributed by atoms with Gasteiger partial charge in [0.15, 0.2) is 5.96 Å². The van der Waals surface area contributed by atoms with Crippen molar-refractivity contribution in [3.63, 3.8) is 0 Å². The molecule has 0 rings (SSSR count). The molecule has 1 atom stereocenters. The van der Waals surface area contributed by atoms with Crippen molar-refractivity contribution in [3.05, 3.63) is 0 Å². The largest absolute Gasteiger partial charge is 0.396 e. The number of hydrogen-bond acceptors (Lipinski definition) is 4. The van der Waals surface area contributed by atoms with Gasteiger partial charge in [-0.2, -0.15) is 0 Å². The minimum Gasteiger partial charge on any atom is -0.396 e. The van der Waals surface area contributed by atoms with Crippen LogP contribution in [0.5, 0.6) is 0 Å². The van der Waals surface area contributed by atoms with E-state index in [1.807, 2.05) is 0 Å². The van der Waals surface area contributed by atoms with Crippen LogP contribution in [-0.4, -0.2) is 63.7 Å². The van der Waals surface area contributed by atoms with Gasteiger partial charge in [-0.3, -0.25) is 4.99 Å². The number of unbranched alkanes of at least 4 members (excludes halogenated alkanes) is 1. The minimum atomic E-state index is 0.227. The first kappa shape index (κ1) is 24.1. The number of ether oxygens (including phenoxy) is 2. The van der Waals surface area contributed by atoms with Crippen LogP contribution in [0.2, 0.25) is 0 Å². The maximum atomic E-state index is 9.20. The van der Waals surface area contributed by atoms with Crippen LogP contribution in [0.3, 0.4) is 0 Å². The summed E-state index contributed by atoms with van der Waals surface area (Å²) in [6, 6.07) is 0. The number of guanidine groups is 1. The lowest BCUT2D eigenvalue weighted by Gasteiger charge is -2.17. The lowest BCUT2D eigenvalue weighted by Crippen LogP contribution is -2.39. The molecule has 3 N–H and O–H groups in total. The summed E-state index contributed by atoms with van der Waals surface area (Å²) in [7, 11) is 0. The molecule has 0 aliphatic rings. The van der Waals surface area contributed by atoms with Crippen molar-refractivity contribution in [1.29, 1.82) is 0 Å². The summed E-state index contributed by atoms with van der Waals surface area (Å²) in [6.07, 6.45) is 4.17. The summed E-state index contributed by atoms with van der Waals surface area (Å²) in [5.74, 6) is 1.87. The van der Waals surface area contributed by atoms with Crippen LogP contribution in [0.25, 0.3) is 0 Å². The third-order valence-corrected chi connectivity index (χ3v) is 3.75. The molecule has 0 aromatic rings. The van der Waals surface area contributed by atoms with Crippen LogP contribution in [0, 0.1) is 11.8 Å². The summed E-state index contributed by atoms with van der Waals surface area (Å²) >= 11 is 0. The van der Waals surface area contributed by atoms with Crippen LogP contribution in [0.1, 0.15) is 53.4 Å². The van der Waals surface area contributed by atoms with E-state index in [4.69, 9.17) is 9.47 Å². The van der Waals surface area contributed by atoms with Gasteiger partial charge in [-0.1, -0.05) is 27.2 Å². The highest BCUT2D eigenvalue weighted by Gasteiger charge is 2.10. The van der Waals surface area contributed by atoms with E-state index in [1.54, 1.807) is 0 Å². The third kappa shape index (κ3) is 16.4. The first-order valence-electron chi connectivity index (χ1n) is 9.92. The number of aliphatic imine (C=N–C) groups is 1. The monoisotopic (exact) mass is 359 g/mol. The maximum absolute atomic E-state index is 9.20. The Labute approximate surface area is 154 Å². The average molecular weight is 360 g/mol. The Bertz CT molecular complexity index is 312. The molecule has 0 saturated heterocycles. The molecule has 0 spiro atoms. The first-order chi connectivity index (χ1) is 12.1. The highest BCUT2D eigenvalue weighted by Crippen LogP contribution is 2.15. The molecule has 0 aliphatic carbocycles. The zero-order valence-corrected chi connectivity index (χ0v) is 16.9. The Kier molecular flexibility index (Phi) is 17.3. The Balaban J connectivity index is 3.98. The summed E-state index contributed by atoms with van der Waals surface area (Å²) in [5.41, 5.74) is 0. The van der Waals surface area contributed by atoms with Crippen molar-refractivity contribution in [2.75, 3.05) is 52.7 Å². The van der Waals surface area contributed by atoms with E-state index in [-0.39, 0.29) is 6.61 Å². The van der Waals surface area contributed by atoms with Crippen molar-refractivity contribution in [1.82, 2.24) is 10.6 Å². The number of hydrogen-bond donors (Lipinski definition) is 3. The maximum Gasteiger partial charge on any atom is 0.191 e. The second-order valence-electron chi connectivity index (χ2n) is 6.73. The van der Waals surface area contributed by atoms with Crippen LogP contribution >= 0.6 is 0 Å². The van der Waals surface area contributed by atoms with Crippen molar-refractivity contribution >= 4 is 5.96 Å². The Morgan fingerprint density at radius 1 is 1.04 bits per heavy atom. The third-order valence-electron chi connectivity index (χ3n) is 3.75.